The van der Waals surface area contributed by atoms with Gasteiger partial charge in [-0.25, -0.2) is 44.5 Å². The Bertz CT molecular complexity index is 3790. The maximum atomic E-state index is 15.9. The van der Waals surface area contributed by atoms with E-state index in [1.54, 1.807) is 0 Å². The van der Waals surface area contributed by atoms with Gasteiger partial charge in [0.25, 0.3) is 5.92 Å². The van der Waals surface area contributed by atoms with Gasteiger partial charge in [-0.05, 0) is 74.4 Å². The number of fused-ring (bicyclic) bond motifs is 2. The van der Waals surface area contributed by atoms with Crippen molar-refractivity contribution in [2.24, 2.45) is 5.92 Å². The first-order valence-corrected chi connectivity index (χ1v) is 30.2. The van der Waals surface area contributed by atoms with Crippen LogP contribution in [-0.2, 0) is 79.7 Å². The van der Waals surface area contributed by atoms with E-state index in [-0.39, 0.29) is 24.9 Å². The summed E-state index contributed by atoms with van der Waals surface area (Å²) in [6.07, 6.45) is -13.8. The Balaban J connectivity index is 1.57. The van der Waals surface area contributed by atoms with Crippen LogP contribution in [-0.4, -0.2) is 128 Å². The number of sulfone groups is 1. The highest BCUT2D eigenvalue weighted by Gasteiger charge is 2.57. The number of hydrogen-bond donors (Lipinski definition) is 4. The number of nitrogens with zero attached hydrogens (tertiary/aromatic N) is 7. The number of nitrogens with one attached hydrogen (secondary N) is 1. The number of amides is 3. The van der Waals surface area contributed by atoms with Gasteiger partial charge >= 0.3 is 32.2 Å². The number of ether oxygens (including phenoxy) is 1. The van der Waals surface area contributed by atoms with Crippen molar-refractivity contribution in [2.75, 3.05) is 36.7 Å². The van der Waals surface area contributed by atoms with E-state index in [9.17, 15) is 80.8 Å². The molecule has 85 heavy (non-hydrogen) atoms. The average Bonchev–Trinajstić information content (AvgIpc) is 1.63. The van der Waals surface area contributed by atoms with Gasteiger partial charge in [-0.2, -0.15) is 49.6 Å². The van der Waals surface area contributed by atoms with Crippen molar-refractivity contribution in [2.45, 2.75) is 101 Å². The van der Waals surface area contributed by atoms with Crippen molar-refractivity contribution < 1.29 is 109 Å². The zero-order valence-corrected chi connectivity index (χ0v) is 48.3. The molecule has 0 saturated heterocycles. The largest absolute Gasteiger partial charge is 0.481 e. The van der Waals surface area contributed by atoms with E-state index in [0.717, 1.165) is 56.5 Å². The number of carbonyl (C=O) groups excluding carboxylic acids is 3. The maximum Gasteiger partial charge on any atom is 0.472 e. The Hall–Kier alpha value is -6.89. The summed E-state index contributed by atoms with van der Waals surface area (Å²) in [6.45, 7) is -1.65. The zero-order chi connectivity index (χ0) is 63.9. The minimum atomic E-state index is -5.31. The minimum absolute atomic E-state index is 0.0458. The topological polar surface area (TPSA) is 300 Å². The third-order valence-corrected chi connectivity index (χ3v) is 17.0. The normalized spacial score (nSPS) is 15.9. The Morgan fingerprint density at radius 3 is 2.11 bits per heavy atom. The summed E-state index contributed by atoms with van der Waals surface area (Å²) >= 11 is 6.68. The summed E-state index contributed by atoms with van der Waals surface area (Å²) in [5.41, 5.74) is -6.76. The van der Waals surface area contributed by atoms with Crippen LogP contribution in [0.25, 0.3) is 22.0 Å². The van der Waals surface area contributed by atoms with E-state index in [0.29, 0.717) is 17.2 Å². The Kier molecular flexibility index (Phi) is 19.6. The number of aliphatic carboxylic acids is 1. The van der Waals surface area contributed by atoms with E-state index in [1.165, 1.54) is 13.8 Å². The number of anilines is 1. The van der Waals surface area contributed by atoms with Crippen molar-refractivity contribution in [3.63, 3.8) is 0 Å². The minimum Gasteiger partial charge on any atom is -0.481 e. The molecular formula is C49H50ClF10N8O14PS2. The van der Waals surface area contributed by atoms with Crippen LogP contribution in [0.2, 0.25) is 5.02 Å². The van der Waals surface area contributed by atoms with E-state index >= 15 is 8.78 Å². The number of alkyl halides is 8. The van der Waals surface area contributed by atoms with Crippen LogP contribution >= 0.6 is 19.4 Å². The molecule has 0 bridgehead atoms. The quantitative estimate of drug-likeness (QED) is 0.0234. The van der Waals surface area contributed by atoms with Crippen molar-refractivity contribution >= 4 is 79.9 Å². The summed E-state index contributed by atoms with van der Waals surface area (Å²) in [5, 5.41) is 17.6. The van der Waals surface area contributed by atoms with Gasteiger partial charge in [0.05, 0.1) is 40.3 Å². The first kappa shape index (κ1) is 67.2. The van der Waals surface area contributed by atoms with Crippen molar-refractivity contribution in [1.29, 1.82) is 0 Å². The Labute approximate surface area is 481 Å². The van der Waals surface area contributed by atoms with Crippen LogP contribution in [0.4, 0.5) is 54.5 Å². The zero-order valence-electron chi connectivity index (χ0n) is 45.0. The molecule has 6 rings (SSSR count). The van der Waals surface area contributed by atoms with Gasteiger partial charge in [-0.15, -0.1) is 0 Å². The molecule has 3 amide bonds. The molecule has 22 nitrogen and oxygen atoms in total. The third kappa shape index (κ3) is 16.0. The smallest absolute Gasteiger partial charge is 0.472 e. The molecule has 0 aliphatic heterocycles. The predicted octanol–water partition coefficient (Wildman–Crippen LogP) is 7.98. The first-order chi connectivity index (χ1) is 38.9. The van der Waals surface area contributed by atoms with Crippen molar-refractivity contribution in [3.05, 3.63) is 93.0 Å². The first-order valence-electron chi connectivity index (χ1n) is 24.6. The lowest BCUT2D eigenvalue weighted by molar-refractivity contribution is -0.143. The Morgan fingerprint density at radius 1 is 0.918 bits per heavy atom. The van der Waals surface area contributed by atoms with Gasteiger partial charge in [0.2, 0.25) is 28.6 Å². The monoisotopic (exact) mass is 1290 g/mol. The van der Waals surface area contributed by atoms with Crippen molar-refractivity contribution in [1.82, 2.24) is 34.8 Å². The van der Waals surface area contributed by atoms with Crippen LogP contribution in [0.1, 0.15) is 92.8 Å². The number of carbonyl (C=O) groups is 4. The molecular weight excluding hydrogens is 1250 g/mol. The summed E-state index contributed by atoms with van der Waals surface area (Å²) < 4.78 is 220. The summed E-state index contributed by atoms with van der Waals surface area (Å²) in [7, 11) is -14.2. The van der Waals surface area contributed by atoms with Crippen molar-refractivity contribution in [3.8, 4) is 23.0 Å². The highest BCUT2D eigenvalue weighted by Crippen LogP contribution is 2.55. The number of sulfonamides is 1. The van der Waals surface area contributed by atoms with Crippen LogP contribution in [0.5, 0.6) is 0 Å². The van der Waals surface area contributed by atoms with Crippen LogP contribution in [0, 0.1) is 29.4 Å². The molecule has 0 unspecified atom stereocenters. The molecule has 1 aliphatic rings. The molecule has 2 aromatic carbocycles. The molecule has 3 heterocycles. The molecule has 1 aliphatic carbocycles. The van der Waals surface area contributed by atoms with E-state index in [4.69, 9.17) is 21.4 Å². The fraction of sp³-hybridized carbons (Fsp3) is 0.449. The molecule has 3 atom stereocenters. The predicted molar refractivity (Wildman–Crippen MR) is 279 cm³/mol. The average molecular weight is 1300 g/mol. The molecule has 3 aromatic heterocycles. The maximum absolute atomic E-state index is 15.9. The van der Waals surface area contributed by atoms with Gasteiger partial charge in [0, 0.05) is 54.4 Å². The SMILES string of the molecule is C[C@@H]1c2c(C(F)(F)F)nn(CC(=O)N[C@@H](Cc3cc(F)cc(F)c3)c3nc(C#CC(C)(C)S(C)(=O)=O)ccc3-c3ccc(Cl)c4c(N(C(=O)CCCN(CCC(=O)O)C(=O)OCOP(=O)(O)O)S(C)(=O)=O)nn(CC(F)(F)F)c34)c2C(F)(F)[C@@H]1C. The number of benzene rings is 2. The number of phosphoric ester groups is 1. The fourth-order valence-corrected chi connectivity index (χ4v) is 10.5. The molecule has 0 radical (unpaired) electrons. The molecule has 5 aromatic rings. The molecule has 4 N–H and O–H groups in total. The van der Waals surface area contributed by atoms with Gasteiger partial charge in [0.15, 0.2) is 21.3 Å². The van der Waals surface area contributed by atoms with Crippen LogP contribution in [0.15, 0.2) is 42.5 Å². The van der Waals surface area contributed by atoms with E-state index in [2.05, 4.69) is 41.6 Å². The van der Waals surface area contributed by atoms with E-state index < -0.39 is 218 Å². The number of carboxylic acids is 1. The molecule has 0 fully saturated rings. The lowest BCUT2D eigenvalue weighted by Gasteiger charge is -2.24. The third-order valence-electron chi connectivity index (χ3n) is 13.3. The number of phosphoric acid groups is 1. The second-order valence-corrected chi connectivity index (χ2v) is 26.0. The second-order valence-electron chi connectivity index (χ2n) is 19.9. The van der Waals surface area contributed by atoms with Crippen LogP contribution < -0.4 is 9.62 Å². The number of aromatic nitrogens is 5. The van der Waals surface area contributed by atoms with Gasteiger partial charge < -0.3 is 29.8 Å². The molecule has 0 saturated carbocycles. The summed E-state index contributed by atoms with van der Waals surface area (Å²) in [4.78, 5) is 75.6. The molecule has 0 spiro atoms. The lowest BCUT2D eigenvalue weighted by atomic mass is 9.93. The standard InChI is InChI=1S/C49H50ClF10N8O14PS2/c1-25-26(2)48(56,57)43-38(25)42(49(58,59)60)63-66(43)22-35(69)62-34(20-27-18-28(51)21-29(52)19-27)40-31(10-9-30(61-40)13-15-46(3,4)84(5,77)78)32-11-12-33(50)39-41(32)67(23-47(53,54)55)64-44(39)68(85(6,79)80)36(70)8-7-16-65(17-14-37(71)72)45(73)81-24-82-83(74,75)76/h9-12,18-19,21,25-26,34H,7-8,14,16-17,20,22-24H2,1-6H3,(H,62,69)(H,71,72)(H2,74,75,76)/t25-,26+,34-/m0/s1. The highest BCUT2D eigenvalue weighted by molar-refractivity contribution is 7.93. The van der Waals surface area contributed by atoms with Gasteiger partial charge in [0.1, 0.15) is 40.9 Å². The fourth-order valence-electron chi connectivity index (χ4n) is 8.91. The molecule has 464 valence electrons. The number of hydrogen-bond acceptors (Lipinski definition) is 14. The van der Waals surface area contributed by atoms with Crippen LogP contribution in [0.3, 0.4) is 0 Å². The van der Waals surface area contributed by atoms with Gasteiger partial charge in [-0.1, -0.05) is 37.4 Å². The Morgan fingerprint density at radius 2 is 1.54 bits per heavy atom. The summed E-state index contributed by atoms with van der Waals surface area (Å²) in [5.74, 6) is -9.98. The number of pyridine rings is 1. The lowest BCUT2D eigenvalue weighted by Crippen LogP contribution is -2.38. The second kappa shape index (κ2) is 24.8. The number of carboxylic acid groups (broad SMARTS) is 1. The number of rotatable bonds is 21. The number of halogens is 11. The van der Waals surface area contributed by atoms with Gasteiger partial charge in [-0.3, -0.25) is 23.7 Å². The highest BCUT2D eigenvalue weighted by atomic mass is 35.5. The van der Waals surface area contributed by atoms with E-state index in [1.807, 2.05) is 0 Å². The molecule has 36 heteroatoms. The summed E-state index contributed by atoms with van der Waals surface area (Å²) in [6, 6.07) is 4.23.